The molecule has 1 rings (SSSR count). The molecule has 0 aromatic rings. The molecule has 0 saturated carbocycles. The second kappa shape index (κ2) is 4.30. The fourth-order valence-corrected chi connectivity index (χ4v) is 0.631. The molecule has 0 aromatic carbocycles. The standard InChI is InChI=1S/C5H8N2O2.ClH.Na/c1-5(2)3(8)6-4(9)7-5;;/h1-2H3,(H2,6,7,8,9);1H;/q;;+1/p-1. The molecule has 1 heterocycles. The Balaban J connectivity index is 0. The van der Waals surface area contributed by atoms with Crippen molar-refractivity contribution < 1.29 is 51.6 Å². The van der Waals surface area contributed by atoms with Crippen LogP contribution < -0.4 is 52.6 Å². The van der Waals surface area contributed by atoms with Crippen LogP contribution in [0.4, 0.5) is 4.79 Å². The molecule has 58 valence electrons. The molecule has 1 saturated heterocycles. The van der Waals surface area contributed by atoms with Crippen molar-refractivity contribution in [1.82, 2.24) is 10.6 Å². The molecule has 0 unspecified atom stereocenters. The fraction of sp³-hybridized carbons (Fsp3) is 0.600. The van der Waals surface area contributed by atoms with E-state index in [0.717, 1.165) is 0 Å². The first-order valence-electron chi connectivity index (χ1n) is 2.66. The summed E-state index contributed by atoms with van der Waals surface area (Å²) in [4.78, 5) is 21.1. The molecule has 1 aliphatic rings. The Labute approximate surface area is 93.2 Å². The van der Waals surface area contributed by atoms with E-state index in [1.807, 2.05) is 0 Å². The van der Waals surface area contributed by atoms with E-state index >= 15 is 0 Å². The van der Waals surface area contributed by atoms with E-state index in [1.165, 1.54) is 0 Å². The number of carbonyl (C=O) groups is 2. The van der Waals surface area contributed by atoms with Crippen molar-refractivity contribution >= 4 is 11.9 Å². The van der Waals surface area contributed by atoms with Gasteiger partial charge >= 0.3 is 35.6 Å². The summed E-state index contributed by atoms with van der Waals surface area (Å²) in [6.07, 6.45) is 0. The van der Waals surface area contributed by atoms with Gasteiger partial charge in [-0.1, -0.05) is 0 Å². The molecule has 1 fully saturated rings. The van der Waals surface area contributed by atoms with E-state index in [2.05, 4.69) is 10.6 Å². The third-order valence-electron chi connectivity index (χ3n) is 1.22. The van der Waals surface area contributed by atoms with Crippen molar-refractivity contribution in [2.45, 2.75) is 19.4 Å². The number of rotatable bonds is 0. The van der Waals surface area contributed by atoms with Gasteiger partial charge in [-0.25, -0.2) is 4.79 Å². The number of hydrogen-bond donors (Lipinski definition) is 2. The van der Waals surface area contributed by atoms with Crippen molar-refractivity contribution in [3.8, 4) is 0 Å². The Morgan fingerprint density at radius 3 is 1.82 bits per heavy atom. The quantitative estimate of drug-likeness (QED) is 0.292. The van der Waals surface area contributed by atoms with Crippen LogP contribution in [0.15, 0.2) is 0 Å². The number of urea groups is 1. The van der Waals surface area contributed by atoms with Gasteiger partial charge < -0.3 is 17.7 Å². The van der Waals surface area contributed by atoms with Gasteiger partial charge in [0.15, 0.2) is 0 Å². The van der Waals surface area contributed by atoms with Gasteiger partial charge in [-0.15, -0.1) is 0 Å². The summed E-state index contributed by atoms with van der Waals surface area (Å²) in [5, 5.41) is 4.56. The van der Waals surface area contributed by atoms with Gasteiger partial charge in [0.05, 0.1) is 0 Å². The zero-order valence-electron chi connectivity index (χ0n) is 6.69. The van der Waals surface area contributed by atoms with Crippen LogP contribution in [0, 0.1) is 0 Å². The van der Waals surface area contributed by atoms with Crippen LogP contribution in [-0.2, 0) is 4.79 Å². The van der Waals surface area contributed by atoms with E-state index in [4.69, 9.17) is 0 Å². The van der Waals surface area contributed by atoms with Crippen LogP contribution in [0.3, 0.4) is 0 Å². The predicted molar refractivity (Wildman–Crippen MR) is 30.8 cm³/mol. The molecule has 11 heavy (non-hydrogen) atoms. The van der Waals surface area contributed by atoms with Gasteiger partial charge in [0, 0.05) is 0 Å². The molecule has 0 spiro atoms. The van der Waals surface area contributed by atoms with Crippen molar-refractivity contribution in [2.24, 2.45) is 0 Å². The number of nitrogens with one attached hydrogen (secondary N) is 2. The van der Waals surface area contributed by atoms with Gasteiger partial charge in [0.1, 0.15) is 5.54 Å². The molecule has 0 atom stereocenters. The van der Waals surface area contributed by atoms with Crippen LogP contribution in [0.1, 0.15) is 13.8 Å². The maximum absolute atomic E-state index is 10.7. The number of halogens is 1. The average molecular weight is 187 g/mol. The Morgan fingerprint density at radius 2 is 1.73 bits per heavy atom. The van der Waals surface area contributed by atoms with Crippen LogP contribution in [-0.4, -0.2) is 17.5 Å². The van der Waals surface area contributed by atoms with E-state index in [9.17, 15) is 9.59 Å². The Bertz CT molecular complexity index is 183. The summed E-state index contributed by atoms with van der Waals surface area (Å²) < 4.78 is 0. The first-order valence-corrected chi connectivity index (χ1v) is 2.66. The molecule has 4 nitrogen and oxygen atoms in total. The summed E-state index contributed by atoms with van der Waals surface area (Å²) >= 11 is 0. The zero-order chi connectivity index (χ0) is 7.07. The minimum Gasteiger partial charge on any atom is -1.00 e. The van der Waals surface area contributed by atoms with Crippen molar-refractivity contribution in [3.63, 3.8) is 0 Å². The molecule has 3 amide bonds. The zero-order valence-corrected chi connectivity index (χ0v) is 9.45. The molecule has 0 aromatic heterocycles. The summed E-state index contributed by atoms with van der Waals surface area (Å²) in [5.74, 6) is -0.271. The van der Waals surface area contributed by atoms with Crippen LogP contribution in [0.2, 0.25) is 0 Å². The van der Waals surface area contributed by atoms with Crippen LogP contribution in [0.5, 0.6) is 0 Å². The summed E-state index contributed by atoms with van der Waals surface area (Å²) in [6.45, 7) is 3.29. The predicted octanol–water partition coefficient (Wildman–Crippen LogP) is -6.39. The molecule has 1 aliphatic heterocycles. The molecule has 2 N–H and O–H groups in total. The second-order valence-corrected chi connectivity index (χ2v) is 2.53. The number of amides is 3. The Hall–Kier alpha value is 0.230. The van der Waals surface area contributed by atoms with E-state index in [0.29, 0.717) is 0 Å². The van der Waals surface area contributed by atoms with Gasteiger partial charge in [-0.2, -0.15) is 0 Å². The fourth-order valence-electron chi connectivity index (χ4n) is 0.631. The molecule has 0 bridgehead atoms. The first kappa shape index (κ1) is 13.8. The molecule has 0 radical (unpaired) electrons. The number of carbonyl (C=O) groups excluding carboxylic acids is 2. The average Bonchev–Trinajstić information content (AvgIpc) is 1.79. The maximum Gasteiger partial charge on any atom is 1.00 e. The molecular formula is C5H8ClN2NaO2. The largest absolute Gasteiger partial charge is 1.00 e. The van der Waals surface area contributed by atoms with E-state index in [-0.39, 0.29) is 47.9 Å². The van der Waals surface area contributed by atoms with Gasteiger partial charge in [-0.3, -0.25) is 10.1 Å². The summed E-state index contributed by atoms with van der Waals surface area (Å²) in [5.41, 5.74) is -0.725. The first-order chi connectivity index (χ1) is 4.02. The third kappa shape index (κ3) is 2.99. The van der Waals surface area contributed by atoms with Crippen molar-refractivity contribution in [2.75, 3.05) is 0 Å². The van der Waals surface area contributed by atoms with Crippen molar-refractivity contribution in [3.05, 3.63) is 0 Å². The van der Waals surface area contributed by atoms with Gasteiger partial charge in [0.25, 0.3) is 5.91 Å². The molecule has 6 heteroatoms. The van der Waals surface area contributed by atoms with Gasteiger partial charge in [-0.05, 0) is 13.8 Å². The molecular weight excluding hydrogens is 179 g/mol. The third-order valence-corrected chi connectivity index (χ3v) is 1.22. The van der Waals surface area contributed by atoms with Crippen LogP contribution in [0.25, 0.3) is 0 Å². The topological polar surface area (TPSA) is 58.2 Å². The maximum atomic E-state index is 10.7. The van der Waals surface area contributed by atoms with Crippen LogP contribution >= 0.6 is 0 Å². The minimum atomic E-state index is -0.725. The van der Waals surface area contributed by atoms with Gasteiger partial charge in [0.2, 0.25) is 0 Å². The summed E-state index contributed by atoms with van der Waals surface area (Å²) in [7, 11) is 0. The normalized spacial score (nSPS) is 19.1. The van der Waals surface area contributed by atoms with Crippen molar-refractivity contribution in [1.29, 1.82) is 0 Å². The number of hydrogen-bond acceptors (Lipinski definition) is 2. The minimum absolute atomic E-state index is 0. The Morgan fingerprint density at radius 1 is 1.27 bits per heavy atom. The molecule has 0 aliphatic carbocycles. The number of imide groups is 1. The second-order valence-electron chi connectivity index (χ2n) is 2.53. The van der Waals surface area contributed by atoms with E-state index < -0.39 is 11.6 Å². The Kier molecular flexibility index (Phi) is 5.40. The SMILES string of the molecule is CC1(C)NC(=O)NC1=O.[Cl-].[Na+]. The van der Waals surface area contributed by atoms with E-state index in [1.54, 1.807) is 13.8 Å². The monoisotopic (exact) mass is 186 g/mol. The summed E-state index contributed by atoms with van der Waals surface area (Å²) in [6, 6.07) is -0.412. The smallest absolute Gasteiger partial charge is 1.00 e.